The standard InChI is InChI=1S/C16H22N4O3S/c1-4-24(22,23)8-7-17-16(21)12(3)20-15-13-9-11(2)5-6-14(13)18-10-19-15/h5-6,9-10,12H,4,7-8H2,1-3H3,(H,17,21)(H,18,19,20)/t12-/m1/s1. The largest absolute Gasteiger partial charge is 0.358 e. The number of carbonyl (C=O) groups is 1. The van der Waals surface area contributed by atoms with Crippen molar-refractivity contribution in [2.24, 2.45) is 0 Å². The maximum atomic E-state index is 12.1. The SMILES string of the molecule is CCS(=O)(=O)CCNC(=O)[C@@H](C)Nc1ncnc2ccc(C)cc12. The molecule has 2 aromatic rings. The highest BCUT2D eigenvalue weighted by molar-refractivity contribution is 7.91. The average molecular weight is 350 g/mol. The van der Waals surface area contributed by atoms with Crippen LogP contribution in [0.1, 0.15) is 19.4 Å². The zero-order valence-electron chi connectivity index (χ0n) is 14.0. The topological polar surface area (TPSA) is 101 Å². The van der Waals surface area contributed by atoms with Crippen molar-refractivity contribution in [1.29, 1.82) is 0 Å². The molecule has 0 aliphatic heterocycles. The zero-order chi connectivity index (χ0) is 17.7. The lowest BCUT2D eigenvalue weighted by Gasteiger charge is -2.16. The number of rotatable bonds is 7. The van der Waals surface area contributed by atoms with Gasteiger partial charge in [-0.15, -0.1) is 0 Å². The molecule has 1 amide bonds. The average Bonchev–Trinajstić information content (AvgIpc) is 2.55. The van der Waals surface area contributed by atoms with Crippen LogP contribution in [0.2, 0.25) is 0 Å². The van der Waals surface area contributed by atoms with Crippen LogP contribution in [-0.2, 0) is 14.6 Å². The van der Waals surface area contributed by atoms with E-state index < -0.39 is 15.9 Å². The van der Waals surface area contributed by atoms with Crippen molar-refractivity contribution in [3.05, 3.63) is 30.1 Å². The van der Waals surface area contributed by atoms with Gasteiger partial charge in [-0.25, -0.2) is 18.4 Å². The molecule has 1 aromatic heterocycles. The van der Waals surface area contributed by atoms with Crippen molar-refractivity contribution in [3.8, 4) is 0 Å². The van der Waals surface area contributed by atoms with Crippen molar-refractivity contribution >= 4 is 32.5 Å². The second-order valence-electron chi connectivity index (χ2n) is 5.64. The quantitative estimate of drug-likeness (QED) is 0.780. The van der Waals surface area contributed by atoms with Gasteiger partial charge in [-0.3, -0.25) is 4.79 Å². The maximum absolute atomic E-state index is 12.1. The molecule has 0 saturated carbocycles. The summed E-state index contributed by atoms with van der Waals surface area (Å²) in [5.74, 6) is 0.314. The number of carbonyl (C=O) groups excluding carboxylic acids is 1. The molecular formula is C16H22N4O3S. The Morgan fingerprint density at radius 3 is 2.75 bits per heavy atom. The van der Waals surface area contributed by atoms with E-state index in [9.17, 15) is 13.2 Å². The van der Waals surface area contributed by atoms with E-state index in [2.05, 4.69) is 20.6 Å². The van der Waals surface area contributed by atoms with Gasteiger partial charge in [-0.05, 0) is 26.0 Å². The predicted molar refractivity (Wildman–Crippen MR) is 94.7 cm³/mol. The molecule has 0 fully saturated rings. The van der Waals surface area contributed by atoms with Gasteiger partial charge in [0.2, 0.25) is 5.91 Å². The van der Waals surface area contributed by atoms with Gasteiger partial charge in [-0.2, -0.15) is 0 Å². The molecule has 1 atom stereocenters. The fourth-order valence-electron chi connectivity index (χ4n) is 2.18. The number of anilines is 1. The number of sulfone groups is 1. The van der Waals surface area contributed by atoms with Gasteiger partial charge in [0.1, 0.15) is 18.2 Å². The minimum absolute atomic E-state index is 0.0579. The van der Waals surface area contributed by atoms with Crippen molar-refractivity contribution in [3.63, 3.8) is 0 Å². The fraction of sp³-hybridized carbons (Fsp3) is 0.438. The van der Waals surface area contributed by atoms with Crippen LogP contribution in [0, 0.1) is 6.92 Å². The monoisotopic (exact) mass is 350 g/mol. The number of aryl methyl sites for hydroxylation is 1. The van der Waals surface area contributed by atoms with Crippen LogP contribution in [-0.4, -0.2) is 48.4 Å². The molecule has 0 saturated heterocycles. The van der Waals surface area contributed by atoms with Crippen LogP contribution in [0.3, 0.4) is 0 Å². The lowest BCUT2D eigenvalue weighted by atomic mass is 10.1. The van der Waals surface area contributed by atoms with Gasteiger partial charge in [0.25, 0.3) is 0 Å². The normalized spacial score (nSPS) is 12.8. The summed E-state index contributed by atoms with van der Waals surface area (Å²) in [4.78, 5) is 20.5. The lowest BCUT2D eigenvalue weighted by molar-refractivity contribution is -0.121. The molecule has 8 heteroatoms. The van der Waals surface area contributed by atoms with Gasteiger partial charge in [0.15, 0.2) is 9.84 Å². The Hall–Kier alpha value is -2.22. The summed E-state index contributed by atoms with van der Waals surface area (Å²) in [5, 5.41) is 6.53. The van der Waals surface area contributed by atoms with E-state index in [0.717, 1.165) is 16.5 Å². The van der Waals surface area contributed by atoms with Gasteiger partial charge in [0.05, 0.1) is 11.3 Å². The number of benzene rings is 1. The minimum Gasteiger partial charge on any atom is -0.358 e. The predicted octanol–water partition coefficient (Wildman–Crippen LogP) is 1.29. The molecule has 1 heterocycles. The van der Waals surface area contributed by atoms with Crippen LogP contribution in [0.5, 0.6) is 0 Å². The number of amides is 1. The molecule has 0 radical (unpaired) electrons. The molecular weight excluding hydrogens is 328 g/mol. The molecule has 0 aliphatic carbocycles. The summed E-state index contributed by atoms with van der Waals surface area (Å²) in [6, 6.07) is 5.27. The first-order valence-electron chi connectivity index (χ1n) is 7.78. The van der Waals surface area contributed by atoms with E-state index in [1.165, 1.54) is 6.33 Å². The minimum atomic E-state index is -3.09. The Kier molecular flexibility index (Phi) is 5.71. The second kappa shape index (κ2) is 7.57. The molecule has 2 N–H and O–H groups in total. The van der Waals surface area contributed by atoms with Crippen LogP contribution in [0.15, 0.2) is 24.5 Å². The summed E-state index contributed by atoms with van der Waals surface area (Å²) in [6.45, 7) is 5.36. The highest BCUT2D eigenvalue weighted by Gasteiger charge is 2.16. The van der Waals surface area contributed by atoms with Gasteiger partial charge in [-0.1, -0.05) is 18.6 Å². The van der Waals surface area contributed by atoms with Gasteiger partial charge < -0.3 is 10.6 Å². The summed E-state index contributed by atoms with van der Waals surface area (Å²) >= 11 is 0. The highest BCUT2D eigenvalue weighted by Crippen LogP contribution is 2.20. The maximum Gasteiger partial charge on any atom is 0.242 e. The molecule has 7 nitrogen and oxygen atoms in total. The van der Waals surface area contributed by atoms with Crippen molar-refractivity contribution in [1.82, 2.24) is 15.3 Å². The highest BCUT2D eigenvalue weighted by atomic mass is 32.2. The van der Waals surface area contributed by atoms with Crippen LogP contribution in [0.25, 0.3) is 10.9 Å². The second-order valence-corrected chi connectivity index (χ2v) is 8.11. The number of hydrogen-bond donors (Lipinski definition) is 2. The number of hydrogen-bond acceptors (Lipinski definition) is 6. The van der Waals surface area contributed by atoms with E-state index >= 15 is 0 Å². The first kappa shape index (κ1) is 18.1. The summed E-state index contributed by atoms with van der Waals surface area (Å²) < 4.78 is 22.9. The third kappa shape index (κ3) is 4.64. The smallest absolute Gasteiger partial charge is 0.242 e. The summed E-state index contributed by atoms with van der Waals surface area (Å²) in [6.07, 6.45) is 1.44. The third-order valence-electron chi connectivity index (χ3n) is 3.69. The Labute approximate surface area is 141 Å². The Bertz CT molecular complexity index is 836. The van der Waals surface area contributed by atoms with Crippen molar-refractivity contribution in [2.45, 2.75) is 26.8 Å². The van der Waals surface area contributed by atoms with Crippen molar-refractivity contribution in [2.75, 3.05) is 23.4 Å². The van der Waals surface area contributed by atoms with E-state index in [-0.39, 0.29) is 24.0 Å². The summed E-state index contributed by atoms with van der Waals surface area (Å²) in [7, 11) is -3.09. The number of aromatic nitrogens is 2. The van der Waals surface area contributed by atoms with E-state index in [1.807, 2.05) is 25.1 Å². The molecule has 24 heavy (non-hydrogen) atoms. The molecule has 0 aliphatic rings. The van der Waals surface area contributed by atoms with Gasteiger partial charge >= 0.3 is 0 Å². The number of nitrogens with one attached hydrogen (secondary N) is 2. The molecule has 0 unspecified atom stereocenters. The third-order valence-corrected chi connectivity index (χ3v) is 5.40. The Balaban J connectivity index is 2.03. The molecule has 1 aromatic carbocycles. The van der Waals surface area contributed by atoms with Crippen LogP contribution in [0.4, 0.5) is 5.82 Å². The fourth-order valence-corrected chi connectivity index (χ4v) is 2.89. The first-order chi connectivity index (χ1) is 11.3. The Morgan fingerprint density at radius 2 is 2.04 bits per heavy atom. The number of nitrogens with zero attached hydrogens (tertiary/aromatic N) is 2. The van der Waals surface area contributed by atoms with Crippen molar-refractivity contribution < 1.29 is 13.2 Å². The van der Waals surface area contributed by atoms with Crippen LogP contribution < -0.4 is 10.6 Å². The zero-order valence-corrected chi connectivity index (χ0v) is 14.9. The van der Waals surface area contributed by atoms with E-state index in [1.54, 1.807) is 13.8 Å². The van der Waals surface area contributed by atoms with Crippen LogP contribution >= 0.6 is 0 Å². The van der Waals surface area contributed by atoms with E-state index in [0.29, 0.717) is 5.82 Å². The lowest BCUT2D eigenvalue weighted by Crippen LogP contribution is -2.40. The number of fused-ring (bicyclic) bond motifs is 1. The Morgan fingerprint density at radius 1 is 1.29 bits per heavy atom. The molecule has 0 bridgehead atoms. The molecule has 130 valence electrons. The van der Waals surface area contributed by atoms with Gasteiger partial charge in [0, 0.05) is 17.7 Å². The molecule has 0 spiro atoms. The molecule has 2 rings (SSSR count). The van der Waals surface area contributed by atoms with E-state index in [4.69, 9.17) is 0 Å². The first-order valence-corrected chi connectivity index (χ1v) is 9.60. The summed E-state index contributed by atoms with van der Waals surface area (Å²) in [5.41, 5.74) is 1.86.